The number of ether oxygens (including phenoxy) is 1. The van der Waals surface area contributed by atoms with E-state index in [0.29, 0.717) is 0 Å². The molecule has 140 valence electrons. The summed E-state index contributed by atoms with van der Waals surface area (Å²) in [6, 6.07) is 24.5. The van der Waals surface area contributed by atoms with Gasteiger partial charge in [-0.3, -0.25) is 0 Å². The van der Waals surface area contributed by atoms with E-state index in [4.69, 9.17) is 4.74 Å². The molecule has 5 heteroatoms. The van der Waals surface area contributed by atoms with Crippen LogP contribution in [0, 0.1) is 6.92 Å². The molecule has 0 heterocycles. The number of aryl methyl sites for hydroxylation is 1. The van der Waals surface area contributed by atoms with Crippen molar-refractivity contribution >= 4 is 10.0 Å². The van der Waals surface area contributed by atoms with E-state index in [-0.39, 0.29) is 17.4 Å². The van der Waals surface area contributed by atoms with Crippen molar-refractivity contribution in [1.82, 2.24) is 4.72 Å². The van der Waals surface area contributed by atoms with E-state index in [1.54, 1.807) is 31.4 Å². The maximum Gasteiger partial charge on any atom is 0.240 e. The Morgan fingerprint density at radius 2 is 1.44 bits per heavy atom. The summed E-state index contributed by atoms with van der Waals surface area (Å²) in [5.74, 6) is 0.670. The van der Waals surface area contributed by atoms with Crippen molar-refractivity contribution in [2.45, 2.75) is 17.7 Å². The highest BCUT2D eigenvalue weighted by Crippen LogP contribution is 2.26. The van der Waals surface area contributed by atoms with Crippen LogP contribution in [0.25, 0.3) is 0 Å². The maximum absolute atomic E-state index is 12.7. The van der Waals surface area contributed by atoms with Crippen LogP contribution < -0.4 is 9.46 Å². The van der Waals surface area contributed by atoms with E-state index in [9.17, 15) is 8.42 Å². The lowest BCUT2D eigenvalue weighted by Gasteiger charge is -2.19. The minimum Gasteiger partial charge on any atom is -0.497 e. The molecule has 0 aromatic heterocycles. The predicted molar refractivity (Wildman–Crippen MR) is 108 cm³/mol. The van der Waals surface area contributed by atoms with Gasteiger partial charge in [0.15, 0.2) is 0 Å². The third-order valence-electron chi connectivity index (χ3n) is 4.53. The van der Waals surface area contributed by atoms with Gasteiger partial charge in [-0.05, 0) is 42.3 Å². The van der Waals surface area contributed by atoms with Crippen molar-refractivity contribution in [3.05, 3.63) is 95.6 Å². The first-order chi connectivity index (χ1) is 13.0. The standard InChI is InChI=1S/C22H23NO3S/c1-17-8-14-21(15-9-17)27(24,25)23-16-22(18-6-4-3-5-7-18)19-10-12-20(26-2)13-11-19/h3-15,22-23H,16H2,1-2H3. The fraction of sp³-hybridized carbons (Fsp3) is 0.182. The minimum absolute atomic E-state index is 0.0997. The Labute approximate surface area is 160 Å². The van der Waals surface area contributed by atoms with E-state index in [1.807, 2.05) is 61.5 Å². The fourth-order valence-electron chi connectivity index (χ4n) is 2.94. The molecule has 0 aliphatic carbocycles. The molecule has 27 heavy (non-hydrogen) atoms. The van der Waals surface area contributed by atoms with Crippen LogP contribution in [0.2, 0.25) is 0 Å². The van der Waals surface area contributed by atoms with Crippen LogP contribution in [0.4, 0.5) is 0 Å². The molecule has 0 saturated carbocycles. The molecule has 0 bridgehead atoms. The number of hydrogen-bond acceptors (Lipinski definition) is 3. The molecule has 0 aliphatic rings. The maximum atomic E-state index is 12.7. The second-order valence-electron chi connectivity index (χ2n) is 6.40. The number of rotatable bonds is 7. The summed E-state index contributed by atoms with van der Waals surface area (Å²) in [7, 11) is -1.95. The summed E-state index contributed by atoms with van der Waals surface area (Å²) in [6.45, 7) is 2.20. The van der Waals surface area contributed by atoms with Crippen LogP contribution in [0.3, 0.4) is 0 Å². The Hall–Kier alpha value is -2.63. The molecule has 1 atom stereocenters. The normalized spacial score (nSPS) is 12.5. The van der Waals surface area contributed by atoms with E-state index in [2.05, 4.69) is 4.72 Å². The smallest absolute Gasteiger partial charge is 0.240 e. The third kappa shape index (κ3) is 4.76. The van der Waals surface area contributed by atoms with Gasteiger partial charge in [0.25, 0.3) is 0 Å². The van der Waals surface area contributed by atoms with Crippen molar-refractivity contribution in [1.29, 1.82) is 0 Å². The van der Waals surface area contributed by atoms with Gasteiger partial charge in [-0.25, -0.2) is 13.1 Å². The largest absolute Gasteiger partial charge is 0.497 e. The molecule has 0 spiro atoms. The highest BCUT2D eigenvalue weighted by Gasteiger charge is 2.19. The van der Waals surface area contributed by atoms with E-state index in [0.717, 1.165) is 22.4 Å². The third-order valence-corrected chi connectivity index (χ3v) is 5.97. The zero-order valence-corrected chi connectivity index (χ0v) is 16.2. The first-order valence-corrected chi connectivity index (χ1v) is 10.2. The Kier molecular flexibility index (Phi) is 5.94. The monoisotopic (exact) mass is 381 g/mol. The molecular weight excluding hydrogens is 358 g/mol. The lowest BCUT2D eigenvalue weighted by Crippen LogP contribution is -2.29. The van der Waals surface area contributed by atoms with Gasteiger partial charge in [0.2, 0.25) is 10.0 Å². The average molecular weight is 381 g/mol. The van der Waals surface area contributed by atoms with Gasteiger partial charge in [-0.15, -0.1) is 0 Å². The molecule has 3 rings (SSSR count). The SMILES string of the molecule is COc1ccc(C(CNS(=O)(=O)c2ccc(C)cc2)c2ccccc2)cc1. The Morgan fingerprint density at radius 3 is 2.04 bits per heavy atom. The summed E-state index contributed by atoms with van der Waals surface area (Å²) in [6.07, 6.45) is 0. The number of methoxy groups -OCH3 is 1. The molecule has 1 N–H and O–H groups in total. The topological polar surface area (TPSA) is 55.4 Å². The number of nitrogens with one attached hydrogen (secondary N) is 1. The minimum atomic E-state index is -3.58. The van der Waals surface area contributed by atoms with Crippen molar-refractivity contribution in [3.63, 3.8) is 0 Å². The molecular formula is C22H23NO3S. The number of hydrogen-bond donors (Lipinski definition) is 1. The summed E-state index contributed by atoms with van der Waals surface area (Å²) in [5, 5.41) is 0. The first-order valence-electron chi connectivity index (χ1n) is 8.75. The summed E-state index contributed by atoms with van der Waals surface area (Å²) in [4.78, 5) is 0.273. The van der Waals surface area contributed by atoms with Gasteiger partial charge in [0.05, 0.1) is 12.0 Å². The molecule has 3 aromatic rings. The van der Waals surface area contributed by atoms with Crippen LogP contribution in [0.15, 0.2) is 83.8 Å². The summed E-state index contributed by atoms with van der Waals surface area (Å²) < 4.78 is 33.3. The van der Waals surface area contributed by atoms with Gasteiger partial charge in [-0.1, -0.05) is 60.2 Å². The van der Waals surface area contributed by atoms with Crippen molar-refractivity contribution in [2.75, 3.05) is 13.7 Å². The Balaban J connectivity index is 1.86. The van der Waals surface area contributed by atoms with Crippen molar-refractivity contribution in [2.24, 2.45) is 0 Å². The van der Waals surface area contributed by atoms with Crippen molar-refractivity contribution in [3.8, 4) is 5.75 Å². The first kappa shape index (κ1) is 19.1. The molecule has 1 unspecified atom stereocenters. The lowest BCUT2D eigenvalue weighted by molar-refractivity contribution is 0.414. The van der Waals surface area contributed by atoms with Crippen LogP contribution >= 0.6 is 0 Å². The van der Waals surface area contributed by atoms with Gasteiger partial charge in [0, 0.05) is 12.5 Å². The second kappa shape index (κ2) is 8.37. The average Bonchev–Trinajstić information content (AvgIpc) is 2.70. The number of sulfonamides is 1. The van der Waals surface area contributed by atoms with Gasteiger partial charge in [0.1, 0.15) is 5.75 Å². The fourth-order valence-corrected chi connectivity index (χ4v) is 3.99. The highest BCUT2D eigenvalue weighted by molar-refractivity contribution is 7.89. The Bertz CT molecular complexity index is 966. The second-order valence-corrected chi connectivity index (χ2v) is 8.17. The molecule has 0 fully saturated rings. The van der Waals surface area contributed by atoms with Crippen LogP contribution in [0.1, 0.15) is 22.6 Å². The zero-order chi connectivity index (χ0) is 19.3. The quantitative estimate of drug-likeness (QED) is 0.670. The molecule has 4 nitrogen and oxygen atoms in total. The molecule has 3 aromatic carbocycles. The van der Waals surface area contributed by atoms with Crippen molar-refractivity contribution < 1.29 is 13.2 Å². The molecule has 0 radical (unpaired) electrons. The summed E-state index contributed by atoms with van der Waals surface area (Å²) >= 11 is 0. The number of benzene rings is 3. The Morgan fingerprint density at radius 1 is 0.852 bits per heavy atom. The van der Waals surface area contributed by atoms with Gasteiger partial charge >= 0.3 is 0 Å². The molecule has 0 aliphatic heterocycles. The molecule has 0 saturated heterocycles. The van der Waals surface area contributed by atoms with Gasteiger partial charge in [-0.2, -0.15) is 0 Å². The van der Waals surface area contributed by atoms with E-state index >= 15 is 0 Å². The lowest BCUT2D eigenvalue weighted by atomic mass is 9.91. The van der Waals surface area contributed by atoms with Crippen LogP contribution in [0.5, 0.6) is 5.75 Å². The van der Waals surface area contributed by atoms with Crippen LogP contribution in [-0.2, 0) is 10.0 Å². The molecule has 0 amide bonds. The van der Waals surface area contributed by atoms with Gasteiger partial charge < -0.3 is 4.74 Å². The highest BCUT2D eigenvalue weighted by atomic mass is 32.2. The van der Waals surface area contributed by atoms with E-state index in [1.165, 1.54) is 0 Å². The zero-order valence-electron chi connectivity index (χ0n) is 15.4. The van der Waals surface area contributed by atoms with E-state index < -0.39 is 10.0 Å². The summed E-state index contributed by atoms with van der Waals surface area (Å²) in [5.41, 5.74) is 3.09. The van der Waals surface area contributed by atoms with Crippen LogP contribution in [-0.4, -0.2) is 22.1 Å². The predicted octanol–water partition coefficient (Wildman–Crippen LogP) is 4.11.